The minimum absolute atomic E-state index is 0.0263. The molecule has 35 heavy (non-hydrogen) atoms. The SMILES string of the molecule is CCOc1ccc(C(=O)Nc2cccc(Cl)c2N2CCN(C(=O)c3ccc(C)cc3)CC2)cc1Br. The number of para-hydroxylation sites is 1. The summed E-state index contributed by atoms with van der Waals surface area (Å²) < 4.78 is 6.25. The molecule has 182 valence electrons. The van der Waals surface area contributed by atoms with E-state index >= 15 is 0 Å². The molecule has 0 bridgehead atoms. The largest absolute Gasteiger partial charge is 0.493 e. The monoisotopic (exact) mass is 555 g/mol. The van der Waals surface area contributed by atoms with Crippen molar-refractivity contribution in [2.45, 2.75) is 13.8 Å². The first-order valence-corrected chi connectivity index (χ1v) is 12.7. The van der Waals surface area contributed by atoms with Gasteiger partial charge in [0.2, 0.25) is 0 Å². The van der Waals surface area contributed by atoms with Gasteiger partial charge in [-0.05, 0) is 72.2 Å². The lowest BCUT2D eigenvalue weighted by Crippen LogP contribution is -2.49. The van der Waals surface area contributed by atoms with Crippen molar-refractivity contribution >= 4 is 50.7 Å². The highest BCUT2D eigenvalue weighted by molar-refractivity contribution is 9.10. The lowest BCUT2D eigenvalue weighted by molar-refractivity contribution is 0.0746. The molecule has 8 heteroatoms. The topological polar surface area (TPSA) is 61.9 Å². The molecule has 4 rings (SSSR count). The number of halogens is 2. The molecule has 3 aromatic rings. The van der Waals surface area contributed by atoms with Crippen molar-refractivity contribution in [2.75, 3.05) is 43.0 Å². The van der Waals surface area contributed by atoms with Crippen LogP contribution in [0.3, 0.4) is 0 Å². The molecule has 0 unspecified atom stereocenters. The summed E-state index contributed by atoms with van der Waals surface area (Å²) >= 11 is 10.0. The van der Waals surface area contributed by atoms with Gasteiger partial charge in [0.25, 0.3) is 11.8 Å². The van der Waals surface area contributed by atoms with Crippen LogP contribution in [0, 0.1) is 6.92 Å². The average Bonchev–Trinajstić information content (AvgIpc) is 2.86. The summed E-state index contributed by atoms with van der Waals surface area (Å²) in [6.07, 6.45) is 0. The van der Waals surface area contributed by atoms with Gasteiger partial charge in [-0.1, -0.05) is 35.4 Å². The molecular formula is C27H27BrClN3O3. The molecular weight excluding hydrogens is 530 g/mol. The summed E-state index contributed by atoms with van der Waals surface area (Å²) in [6.45, 7) is 6.81. The van der Waals surface area contributed by atoms with E-state index in [4.69, 9.17) is 16.3 Å². The second-order valence-electron chi connectivity index (χ2n) is 8.31. The summed E-state index contributed by atoms with van der Waals surface area (Å²) in [4.78, 5) is 29.9. The van der Waals surface area contributed by atoms with Crippen molar-refractivity contribution in [3.8, 4) is 5.75 Å². The van der Waals surface area contributed by atoms with Gasteiger partial charge in [0.15, 0.2) is 0 Å². The normalized spacial score (nSPS) is 13.5. The van der Waals surface area contributed by atoms with Crippen LogP contribution in [0.15, 0.2) is 65.1 Å². The molecule has 0 saturated carbocycles. The Morgan fingerprint density at radius 3 is 2.34 bits per heavy atom. The molecule has 1 aliphatic heterocycles. The summed E-state index contributed by atoms with van der Waals surface area (Å²) in [5.41, 5.74) is 3.70. The average molecular weight is 557 g/mol. The standard InChI is InChI=1S/C27H27BrClN3O3/c1-3-35-24-12-11-20(17-21(24)28)26(33)30-23-6-4-5-22(29)25(23)31-13-15-32(16-14-31)27(34)19-9-7-18(2)8-10-19/h4-12,17H,3,13-16H2,1-2H3,(H,30,33). The lowest BCUT2D eigenvalue weighted by Gasteiger charge is -2.37. The molecule has 0 radical (unpaired) electrons. The smallest absolute Gasteiger partial charge is 0.255 e. The van der Waals surface area contributed by atoms with Crippen LogP contribution in [-0.4, -0.2) is 49.5 Å². The molecule has 3 aromatic carbocycles. The summed E-state index contributed by atoms with van der Waals surface area (Å²) in [7, 11) is 0. The molecule has 0 spiro atoms. The summed E-state index contributed by atoms with van der Waals surface area (Å²) in [6, 6.07) is 18.3. The molecule has 2 amide bonds. The number of hydrogen-bond acceptors (Lipinski definition) is 4. The number of ether oxygens (including phenoxy) is 1. The van der Waals surface area contributed by atoms with Crippen molar-refractivity contribution < 1.29 is 14.3 Å². The van der Waals surface area contributed by atoms with Crippen molar-refractivity contribution in [3.05, 3.63) is 86.8 Å². The third-order valence-corrected chi connectivity index (χ3v) is 6.84. The van der Waals surface area contributed by atoms with Crippen molar-refractivity contribution in [1.82, 2.24) is 4.90 Å². The zero-order valence-corrected chi connectivity index (χ0v) is 22.0. The highest BCUT2D eigenvalue weighted by Gasteiger charge is 2.25. The van der Waals surface area contributed by atoms with Gasteiger partial charge in [0.05, 0.1) is 27.5 Å². The van der Waals surface area contributed by atoms with Crippen molar-refractivity contribution in [3.63, 3.8) is 0 Å². The number of amides is 2. The number of piperazine rings is 1. The van der Waals surface area contributed by atoms with Gasteiger partial charge in [-0.15, -0.1) is 0 Å². The molecule has 0 aliphatic carbocycles. The number of hydrogen-bond donors (Lipinski definition) is 1. The molecule has 1 fully saturated rings. The van der Waals surface area contributed by atoms with E-state index in [0.717, 1.165) is 11.3 Å². The highest BCUT2D eigenvalue weighted by atomic mass is 79.9. The van der Waals surface area contributed by atoms with E-state index in [0.29, 0.717) is 64.8 Å². The Kier molecular flexibility index (Phi) is 7.98. The Bertz CT molecular complexity index is 1220. The van der Waals surface area contributed by atoms with Crippen LogP contribution in [0.25, 0.3) is 0 Å². The number of anilines is 2. The van der Waals surface area contributed by atoms with Crippen molar-refractivity contribution in [2.24, 2.45) is 0 Å². The van der Waals surface area contributed by atoms with Crippen LogP contribution >= 0.6 is 27.5 Å². The van der Waals surface area contributed by atoms with Crippen LogP contribution in [0.2, 0.25) is 5.02 Å². The number of aryl methyl sites for hydroxylation is 1. The van der Waals surface area contributed by atoms with E-state index in [9.17, 15) is 9.59 Å². The lowest BCUT2D eigenvalue weighted by atomic mass is 10.1. The first-order valence-electron chi connectivity index (χ1n) is 11.5. The first kappa shape index (κ1) is 25.1. The Morgan fingerprint density at radius 2 is 1.69 bits per heavy atom. The van der Waals surface area contributed by atoms with E-state index in [1.54, 1.807) is 18.2 Å². The quantitative estimate of drug-likeness (QED) is 0.403. The molecule has 0 aromatic heterocycles. The van der Waals surface area contributed by atoms with Crippen LogP contribution < -0.4 is 15.0 Å². The number of carbonyl (C=O) groups excluding carboxylic acids is 2. The number of benzene rings is 3. The molecule has 0 atom stereocenters. The maximum atomic E-state index is 13.0. The van der Waals surface area contributed by atoms with E-state index < -0.39 is 0 Å². The summed E-state index contributed by atoms with van der Waals surface area (Å²) in [5.74, 6) is 0.467. The Hall–Kier alpha value is -3.03. The predicted molar refractivity (Wildman–Crippen MR) is 144 cm³/mol. The minimum atomic E-state index is -0.245. The predicted octanol–water partition coefficient (Wildman–Crippen LogP) is 6.02. The van der Waals surface area contributed by atoms with E-state index in [1.807, 2.05) is 61.2 Å². The zero-order valence-electron chi connectivity index (χ0n) is 19.7. The van der Waals surface area contributed by atoms with Gasteiger partial charge in [0, 0.05) is 37.3 Å². The fourth-order valence-corrected chi connectivity index (χ4v) is 4.85. The summed E-state index contributed by atoms with van der Waals surface area (Å²) in [5, 5.41) is 3.55. The second-order valence-corrected chi connectivity index (χ2v) is 9.58. The van der Waals surface area contributed by atoms with Gasteiger partial charge in [-0.2, -0.15) is 0 Å². The third-order valence-electron chi connectivity index (χ3n) is 5.91. The Morgan fingerprint density at radius 1 is 1.00 bits per heavy atom. The van der Waals surface area contributed by atoms with Crippen molar-refractivity contribution in [1.29, 1.82) is 0 Å². The number of carbonyl (C=O) groups is 2. The fourth-order valence-electron chi connectivity index (χ4n) is 4.06. The molecule has 1 saturated heterocycles. The van der Waals surface area contributed by atoms with E-state index in [-0.39, 0.29) is 11.8 Å². The fraction of sp³-hybridized carbons (Fsp3) is 0.259. The number of nitrogens with zero attached hydrogens (tertiary/aromatic N) is 2. The second kappa shape index (κ2) is 11.1. The zero-order chi connectivity index (χ0) is 24.9. The van der Waals surface area contributed by atoms with Crippen LogP contribution in [0.5, 0.6) is 5.75 Å². The minimum Gasteiger partial charge on any atom is -0.493 e. The Balaban J connectivity index is 1.47. The molecule has 1 heterocycles. The maximum absolute atomic E-state index is 13.0. The number of nitrogens with one attached hydrogen (secondary N) is 1. The third kappa shape index (κ3) is 5.80. The van der Waals surface area contributed by atoms with Gasteiger partial charge >= 0.3 is 0 Å². The van der Waals surface area contributed by atoms with Gasteiger partial charge in [-0.25, -0.2) is 0 Å². The number of rotatable bonds is 6. The van der Waals surface area contributed by atoms with Gasteiger partial charge < -0.3 is 19.9 Å². The molecule has 6 nitrogen and oxygen atoms in total. The van der Waals surface area contributed by atoms with E-state index in [1.165, 1.54) is 0 Å². The highest BCUT2D eigenvalue weighted by Crippen LogP contribution is 2.35. The molecule has 1 aliphatic rings. The van der Waals surface area contributed by atoms with Gasteiger partial charge in [0.1, 0.15) is 5.75 Å². The van der Waals surface area contributed by atoms with E-state index in [2.05, 4.69) is 26.1 Å². The van der Waals surface area contributed by atoms with Crippen LogP contribution in [0.4, 0.5) is 11.4 Å². The van der Waals surface area contributed by atoms with Crippen LogP contribution in [0.1, 0.15) is 33.2 Å². The van der Waals surface area contributed by atoms with Crippen LogP contribution in [-0.2, 0) is 0 Å². The maximum Gasteiger partial charge on any atom is 0.255 e. The Labute approximate surface area is 219 Å². The first-order chi connectivity index (χ1) is 16.9. The molecule has 1 N–H and O–H groups in total. The van der Waals surface area contributed by atoms with Gasteiger partial charge in [-0.3, -0.25) is 9.59 Å².